The average molecular weight is 813 g/mol. The highest BCUT2D eigenvalue weighted by Crippen LogP contribution is 2.40. The predicted octanol–water partition coefficient (Wildman–Crippen LogP) is 3.78. The second kappa shape index (κ2) is 15.8. The van der Waals surface area contributed by atoms with Crippen LogP contribution in [0, 0.1) is 5.82 Å². The van der Waals surface area contributed by atoms with Crippen molar-refractivity contribution in [3.05, 3.63) is 129 Å². The first kappa shape index (κ1) is 38.7. The lowest BCUT2D eigenvalue weighted by molar-refractivity contribution is -0.141. The molecule has 2 saturated heterocycles. The molecular weight excluding hydrogens is 772 g/mol. The van der Waals surface area contributed by atoms with Crippen LogP contribution in [0.4, 0.5) is 15.8 Å². The summed E-state index contributed by atoms with van der Waals surface area (Å²) < 4.78 is 20.9. The molecule has 9 rings (SSSR count). The fourth-order valence-electron chi connectivity index (χ4n) is 8.69. The Bertz CT molecular complexity index is 2490. The van der Waals surface area contributed by atoms with E-state index in [0.29, 0.717) is 50.5 Å². The Balaban J connectivity index is 0.789. The number of hydrogen-bond donors (Lipinski definition) is 3. The Kier molecular flexibility index (Phi) is 10.2. The van der Waals surface area contributed by atoms with Crippen molar-refractivity contribution in [1.29, 1.82) is 0 Å². The first-order chi connectivity index (χ1) is 29.1. The molecule has 60 heavy (non-hydrogen) atoms. The molecule has 4 aromatic rings. The van der Waals surface area contributed by atoms with Gasteiger partial charge in [0.25, 0.3) is 23.6 Å². The van der Waals surface area contributed by atoms with Gasteiger partial charge in [0.2, 0.25) is 11.8 Å². The van der Waals surface area contributed by atoms with Gasteiger partial charge in [0.1, 0.15) is 17.9 Å². The highest BCUT2D eigenvalue weighted by molar-refractivity contribution is 6.23. The maximum atomic E-state index is 15.3. The van der Waals surface area contributed by atoms with Crippen molar-refractivity contribution >= 4 is 53.0 Å². The Hall–Kier alpha value is -6.78. The number of aromatic amines is 1. The highest BCUT2D eigenvalue weighted by atomic mass is 19.1. The molecule has 16 heteroatoms. The van der Waals surface area contributed by atoms with E-state index in [1.54, 1.807) is 35.5 Å². The Morgan fingerprint density at radius 2 is 1.67 bits per heavy atom. The highest BCUT2D eigenvalue weighted by Gasteiger charge is 2.45. The largest absolute Gasteiger partial charge is 0.369 e. The second-order valence-electron chi connectivity index (χ2n) is 15.5. The number of amides is 6. The minimum atomic E-state index is -1.12. The number of halogens is 1. The van der Waals surface area contributed by atoms with Crippen molar-refractivity contribution in [2.75, 3.05) is 56.6 Å². The summed E-state index contributed by atoms with van der Waals surface area (Å²) in [6, 6.07) is 19.5. The molecular formula is C44H41FN8O7. The molecule has 5 aliphatic rings. The van der Waals surface area contributed by atoms with E-state index in [9.17, 15) is 28.8 Å². The smallest absolute Gasteiger partial charge is 0.262 e. The van der Waals surface area contributed by atoms with Crippen molar-refractivity contribution in [2.45, 2.75) is 37.6 Å². The summed E-state index contributed by atoms with van der Waals surface area (Å²) in [5.74, 6) is -3.63. The zero-order chi connectivity index (χ0) is 41.7. The van der Waals surface area contributed by atoms with E-state index in [1.807, 2.05) is 42.5 Å². The zero-order valence-electron chi connectivity index (χ0n) is 32.7. The fraction of sp³-hybridized carbons (Fsp3) is 0.295. The summed E-state index contributed by atoms with van der Waals surface area (Å²) >= 11 is 0. The number of benzene rings is 3. The predicted molar refractivity (Wildman–Crippen MR) is 217 cm³/mol. The number of carbonyl (C=O) groups excluding carboxylic acids is 6. The molecule has 306 valence electrons. The number of fused-ring (bicyclic) bond motifs is 1. The molecule has 0 aliphatic carbocycles. The Morgan fingerprint density at radius 1 is 0.933 bits per heavy atom. The van der Waals surface area contributed by atoms with E-state index < -0.39 is 41.6 Å². The number of aromatic nitrogens is 1. The lowest BCUT2D eigenvalue weighted by atomic mass is 10.0. The van der Waals surface area contributed by atoms with Gasteiger partial charge in [-0.15, -0.1) is 0 Å². The van der Waals surface area contributed by atoms with E-state index in [4.69, 9.17) is 9.73 Å². The van der Waals surface area contributed by atoms with E-state index in [2.05, 4.69) is 25.4 Å². The number of H-pyrrole nitrogens is 1. The first-order valence-electron chi connectivity index (χ1n) is 19.8. The molecule has 0 saturated carbocycles. The van der Waals surface area contributed by atoms with Crippen LogP contribution in [0.25, 0.3) is 0 Å². The molecule has 0 bridgehead atoms. The number of nitrogens with zero attached hydrogens (tertiary/aromatic N) is 5. The molecule has 3 N–H and O–H groups in total. The third-order valence-electron chi connectivity index (χ3n) is 11.9. The normalized spacial score (nSPS) is 20.8. The number of aliphatic imine (C=N–C) groups is 1. The minimum Gasteiger partial charge on any atom is -0.369 e. The number of carbonyl (C=O) groups is 6. The van der Waals surface area contributed by atoms with Crippen LogP contribution in [-0.2, 0) is 25.7 Å². The van der Waals surface area contributed by atoms with Crippen LogP contribution >= 0.6 is 0 Å². The Morgan fingerprint density at radius 3 is 2.38 bits per heavy atom. The molecule has 2 unspecified atom stereocenters. The number of ether oxygens (including phenoxy) is 1. The van der Waals surface area contributed by atoms with Crippen molar-refractivity contribution in [2.24, 2.45) is 4.99 Å². The van der Waals surface area contributed by atoms with Crippen molar-refractivity contribution < 1.29 is 37.9 Å². The number of piperazine rings is 1. The van der Waals surface area contributed by atoms with Crippen molar-refractivity contribution in [3.8, 4) is 0 Å². The number of hydrogen-bond acceptors (Lipinski definition) is 10. The minimum absolute atomic E-state index is 0.000837. The topological polar surface area (TPSA) is 177 Å². The standard InChI is InChI=1S/C44H41FN8O7/c1-60-39(25-5-3-2-4-6-25)44(59)52-23-28-21-47-37(32(28)24-52)38-34(13-14-46-38)48-40(55)26-7-9-29(10-8-26)51-17-15-50(16-18-51)22-27-19-30-31(20-33(27)45)43(58)53(42(30)57)35-11-12-36(54)49-41(35)56/h2-10,13-14,19-21,35,37,39,46H,11-12,15-18,22-24H2,1H3,(H,48,55)(H,49,54,56)/t35?,37?,39-/m1/s1. The van der Waals surface area contributed by atoms with Crippen LogP contribution in [0.3, 0.4) is 0 Å². The SMILES string of the molecule is CO[C@@H](C(=O)N1CC2=C(C1)C(c1[nH]ccc1NC(=O)c1ccc(N3CCN(Cc4cc5c(cc4F)C(=O)N(C4CCC(=O)NC4=O)C5=O)CC3)cc1)N=C2)c1ccccc1. The van der Waals surface area contributed by atoms with E-state index in [0.717, 1.165) is 39.1 Å². The summed E-state index contributed by atoms with van der Waals surface area (Å²) in [5, 5.41) is 5.20. The van der Waals surface area contributed by atoms with Crippen LogP contribution in [0.15, 0.2) is 95.1 Å². The van der Waals surface area contributed by atoms with Crippen LogP contribution in [0.5, 0.6) is 0 Å². The Labute approximate surface area is 343 Å². The molecule has 1 aromatic heterocycles. The first-order valence-corrected chi connectivity index (χ1v) is 19.8. The van der Waals surface area contributed by atoms with Gasteiger partial charge >= 0.3 is 0 Å². The summed E-state index contributed by atoms with van der Waals surface area (Å²) in [6.45, 7) is 3.50. The fourth-order valence-corrected chi connectivity index (χ4v) is 8.69. The van der Waals surface area contributed by atoms with Gasteiger partial charge in [-0.05, 0) is 65.6 Å². The van der Waals surface area contributed by atoms with E-state index >= 15 is 4.39 Å². The van der Waals surface area contributed by atoms with Gasteiger partial charge in [0.05, 0.1) is 22.5 Å². The average Bonchev–Trinajstić information content (AvgIpc) is 4.04. The number of nitrogens with one attached hydrogen (secondary N) is 3. The number of methoxy groups -OCH3 is 1. The van der Waals surface area contributed by atoms with Gasteiger partial charge in [-0.3, -0.25) is 48.9 Å². The molecule has 3 aromatic carbocycles. The molecule has 3 atom stereocenters. The third-order valence-corrected chi connectivity index (χ3v) is 11.9. The summed E-state index contributed by atoms with van der Waals surface area (Å²) in [6.07, 6.45) is 2.87. The van der Waals surface area contributed by atoms with Gasteiger partial charge in [-0.25, -0.2) is 4.39 Å². The molecule has 6 heterocycles. The van der Waals surface area contributed by atoms with Crippen molar-refractivity contribution in [3.63, 3.8) is 0 Å². The molecule has 0 radical (unpaired) electrons. The monoisotopic (exact) mass is 812 g/mol. The molecule has 5 aliphatic heterocycles. The van der Waals surface area contributed by atoms with Gasteiger partial charge < -0.3 is 24.8 Å². The number of piperidine rings is 1. The van der Waals surface area contributed by atoms with E-state index in [-0.39, 0.29) is 53.9 Å². The maximum absolute atomic E-state index is 15.3. The molecule has 6 amide bonds. The van der Waals surface area contributed by atoms with Gasteiger partial charge in [0.15, 0.2) is 6.10 Å². The lowest BCUT2D eigenvalue weighted by Crippen LogP contribution is -2.54. The number of anilines is 2. The van der Waals surface area contributed by atoms with Crippen molar-refractivity contribution in [1.82, 2.24) is 25.0 Å². The number of rotatable bonds is 10. The van der Waals surface area contributed by atoms with Gasteiger partial charge in [-0.1, -0.05) is 30.3 Å². The summed E-state index contributed by atoms with van der Waals surface area (Å²) in [5.41, 5.74) is 5.72. The van der Waals surface area contributed by atoms with Crippen LogP contribution in [0.1, 0.15) is 72.9 Å². The van der Waals surface area contributed by atoms with E-state index in [1.165, 1.54) is 13.2 Å². The summed E-state index contributed by atoms with van der Waals surface area (Å²) in [7, 11) is 1.53. The number of imide groups is 2. The zero-order valence-corrected chi connectivity index (χ0v) is 32.7. The molecule has 15 nitrogen and oxygen atoms in total. The summed E-state index contributed by atoms with van der Waals surface area (Å²) in [4.78, 5) is 92.2. The third kappa shape index (κ3) is 7.06. The van der Waals surface area contributed by atoms with Crippen LogP contribution in [-0.4, -0.2) is 114 Å². The molecule has 0 spiro atoms. The second-order valence-corrected chi connectivity index (χ2v) is 15.5. The van der Waals surface area contributed by atoms with Crippen LogP contribution < -0.4 is 15.5 Å². The molecule has 2 fully saturated rings. The van der Waals surface area contributed by atoms with Gasteiger partial charge in [0, 0.05) is 88.6 Å². The lowest BCUT2D eigenvalue weighted by Gasteiger charge is -2.36. The maximum Gasteiger partial charge on any atom is 0.262 e. The van der Waals surface area contributed by atoms with Crippen LogP contribution in [0.2, 0.25) is 0 Å². The van der Waals surface area contributed by atoms with Gasteiger partial charge in [-0.2, -0.15) is 0 Å². The quantitative estimate of drug-likeness (QED) is 0.201.